The van der Waals surface area contributed by atoms with Crippen LogP contribution in [0.5, 0.6) is 0 Å². The number of nitrogens with zero attached hydrogens (tertiary/aromatic N) is 1. The van der Waals surface area contributed by atoms with Crippen LogP contribution in [0.25, 0.3) is 0 Å². The summed E-state index contributed by atoms with van der Waals surface area (Å²) in [6.45, 7) is 3.13. The highest BCUT2D eigenvalue weighted by Gasteiger charge is 1.76. The second-order valence-electron chi connectivity index (χ2n) is 2.42. The van der Waals surface area contributed by atoms with Crippen LogP contribution in [0.2, 0.25) is 6.32 Å². The maximum Gasteiger partial charge on any atom is 0.0881 e. The summed E-state index contributed by atoms with van der Waals surface area (Å²) in [5.74, 6) is 0. The molecule has 5 heteroatoms. The monoisotopic (exact) mass is 148 g/mol. The van der Waals surface area contributed by atoms with Gasteiger partial charge in [-0.1, -0.05) is 13.2 Å². The predicted molar refractivity (Wildman–Crippen MR) is 59.0 cm³/mol. The zero-order valence-corrected chi connectivity index (χ0v) is 7.51. The molecular weight excluding hydrogens is 133 g/mol. The molecule has 11 heavy (non-hydrogen) atoms. The van der Waals surface area contributed by atoms with Crippen molar-refractivity contribution in [2.24, 2.45) is 4.99 Å². The van der Waals surface area contributed by atoms with E-state index in [2.05, 4.69) is 25.0 Å². The van der Waals surface area contributed by atoms with E-state index in [1.165, 1.54) is 20.6 Å². The van der Waals surface area contributed by atoms with E-state index >= 15 is 0 Å². The van der Waals surface area contributed by atoms with Gasteiger partial charge < -0.3 is 5.32 Å². The lowest BCUT2D eigenvalue weighted by Crippen LogP contribution is -2.11. The second-order valence-corrected chi connectivity index (χ2v) is 2.42. The lowest BCUT2D eigenvalue weighted by Gasteiger charge is -1.93. The molecule has 58 valence electrons. The van der Waals surface area contributed by atoms with Gasteiger partial charge in [-0.3, -0.25) is 0 Å². The minimum atomic E-state index is 0.920. The first-order valence-corrected chi connectivity index (χ1v) is 4.31. The Morgan fingerprint density at radius 3 is 2.64 bits per heavy atom. The van der Waals surface area contributed by atoms with Crippen LogP contribution in [0.3, 0.4) is 0 Å². The van der Waals surface area contributed by atoms with Crippen LogP contribution in [-0.2, 0) is 0 Å². The average molecular weight is 148 g/mol. The summed E-state index contributed by atoms with van der Waals surface area (Å²) >= 11 is 0. The van der Waals surface area contributed by atoms with Gasteiger partial charge in [0.25, 0.3) is 0 Å². The first-order valence-electron chi connectivity index (χ1n) is 4.31. The normalized spacial score (nSPS) is 12.5. The molecular formula is C6H15B3N2. The van der Waals surface area contributed by atoms with Crippen molar-refractivity contribution in [3.63, 3.8) is 0 Å². The molecule has 0 fully saturated rings. The van der Waals surface area contributed by atoms with Crippen LogP contribution in [0.4, 0.5) is 0 Å². The second kappa shape index (κ2) is 9.40. The van der Waals surface area contributed by atoms with Crippen molar-refractivity contribution in [1.29, 1.82) is 0 Å². The lowest BCUT2D eigenvalue weighted by atomic mass is 9.27. The molecule has 0 aromatic heterocycles. The van der Waals surface area contributed by atoms with Gasteiger partial charge in [-0.15, -0.1) is 0 Å². The third-order valence-corrected chi connectivity index (χ3v) is 1.30. The molecule has 1 rings (SSSR count). The topological polar surface area (TPSA) is 24.4 Å². The molecule has 0 bridgehead atoms. The van der Waals surface area contributed by atoms with Crippen molar-refractivity contribution in [1.82, 2.24) is 5.32 Å². The van der Waals surface area contributed by atoms with Gasteiger partial charge in [0.15, 0.2) is 0 Å². The first-order chi connectivity index (χ1) is 5.41. The summed E-state index contributed by atoms with van der Waals surface area (Å²) in [7, 11) is 4.94. The van der Waals surface area contributed by atoms with E-state index in [1.807, 2.05) is 6.08 Å². The first kappa shape index (κ1) is 10.4. The number of nitrogens with one attached hydrogen (secondary N) is 1. The maximum atomic E-state index is 3.76. The predicted octanol–water partition coefficient (Wildman–Crippen LogP) is -1.11. The number of hydrogen-bond acceptors (Lipinski definition) is 2. The summed E-state index contributed by atoms with van der Waals surface area (Å²) in [4.78, 5) is 3.76. The van der Waals surface area contributed by atoms with Crippen LogP contribution in [0.15, 0.2) is 17.3 Å². The Morgan fingerprint density at radius 2 is 2.55 bits per heavy atom. The number of aliphatic imine (C=N–C) groups is 1. The fourth-order valence-electron chi connectivity index (χ4n) is 0.684. The Kier molecular flexibility index (Phi) is 8.90. The molecule has 0 atom stereocenters. The Balaban J connectivity index is 0.000000187. The zero-order valence-electron chi connectivity index (χ0n) is 7.51. The standard InChI is InChI=1S/C4H6N2.C2H9B3/c1-2-5-4-6-3-1;1-2-4-5-3/h1-2,4H,3H2,(H,5,6);4-5H,2-3H2,1H3. The highest BCUT2D eigenvalue weighted by molar-refractivity contribution is 7.23. The van der Waals surface area contributed by atoms with Gasteiger partial charge in [0, 0.05) is 12.7 Å². The van der Waals surface area contributed by atoms with E-state index < -0.39 is 0 Å². The van der Waals surface area contributed by atoms with E-state index in [9.17, 15) is 0 Å². The Morgan fingerprint density at radius 1 is 1.73 bits per heavy atom. The highest BCUT2D eigenvalue weighted by Crippen LogP contribution is 1.74. The Labute approximate surface area is 71.4 Å². The van der Waals surface area contributed by atoms with Crippen LogP contribution in [0.1, 0.15) is 6.92 Å². The van der Waals surface area contributed by atoms with Crippen molar-refractivity contribution < 1.29 is 0 Å². The molecule has 2 nitrogen and oxygen atoms in total. The van der Waals surface area contributed by atoms with E-state index in [4.69, 9.17) is 0 Å². The Bertz CT molecular complexity index is 111. The third-order valence-electron chi connectivity index (χ3n) is 1.30. The largest absolute Gasteiger partial charge is 0.373 e. The molecule has 1 aliphatic rings. The summed E-state index contributed by atoms with van der Waals surface area (Å²) < 4.78 is 0. The molecule has 1 N–H and O–H groups in total. The lowest BCUT2D eigenvalue weighted by molar-refractivity contribution is 1.04. The maximum absolute atomic E-state index is 3.76. The smallest absolute Gasteiger partial charge is 0.0881 e. The SMILES string of the molecule is BBBCC.C1=CN=CNC1. The van der Waals surface area contributed by atoms with Crippen molar-refractivity contribution in [3.05, 3.63) is 12.3 Å². The molecule has 0 amide bonds. The number of rotatable bonds is 2. The van der Waals surface area contributed by atoms with Gasteiger partial charge in [-0.05, 0) is 6.08 Å². The van der Waals surface area contributed by atoms with Gasteiger partial charge in [-0.25, -0.2) is 4.99 Å². The summed E-state index contributed by atoms with van der Waals surface area (Å²) in [6.07, 6.45) is 6.76. The molecule has 0 unspecified atom stereocenters. The molecule has 1 heterocycles. The van der Waals surface area contributed by atoms with Gasteiger partial charge in [-0.2, -0.15) is 0 Å². The molecule has 0 aromatic rings. The fourth-order valence-corrected chi connectivity index (χ4v) is 0.684. The highest BCUT2D eigenvalue weighted by atomic mass is 14.9. The van der Waals surface area contributed by atoms with Crippen LogP contribution >= 0.6 is 0 Å². The van der Waals surface area contributed by atoms with Crippen LogP contribution in [0, 0.1) is 0 Å². The van der Waals surface area contributed by atoms with Crippen LogP contribution in [-0.4, -0.2) is 34.9 Å². The molecule has 0 saturated heterocycles. The van der Waals surface area contributed by atoms with Crippen molar-refractivity contribution in [2.45, 2.75) is 13.2 Å². The average Bonchev–Trinajstić information content (AvgIpc) is 2.10. The summed E-state index contributed by atoms with van der Waals surface area (Å²) in [5, 5.41) is 2.91. The van der Waals surface area contributed by atoms with Crippen molar-refractivity contribution in [3.8, 4) is 0 Å². The Hall–Kier alpha value is -0.595. The van der Waals surface area contributed by atoms with E-state index in [1.54, 1.807) is 12.5 Å². The minimum absolute atomic E-state index is 0.920. The van der Waals surface area contributed by atoms with Gasteiger partial charge in [0.1, 0.15) is 0 Å². The number of hydrogen-bond donors (Lipinski definition) is 1. The summed E-state index contributed by atoms with van der Waals surface area (Å²) in [5.41, 5.74) is 0. The van der Waals surface area contributed by atoms with Crippen molar-refractivity contribution in [2.75, 3.05) is 6.54 Å². The van der Waals surface area contributed by atoms with Crippen molar-refractivity contribution >= 4 is 28.3 Å². The molecule has 0 aliphatic carbocycles. The third kappa shape index (κ3) is 9.40. The van der Waals surface area contributed by atoms with Gasteiger partial charge >= 0.3 is 0 Å². The molecule has 1 aliphatic heterocycles. The summed E-state index contributed by atoms with van der Waals surface area (Å²) in [6, 6.07) is 0. The van der Waals surface area contributed by atoms with Gasteiger partial charge in [0.05, 0.1) is 28.3 Å². The molecule has 0 spiro atoms. The van der Waals surface area contributed by atoms with Gasteiger partial charge in [0.2, 0.25) is 0 Å². The van der Waals surface area contributed by atoms with E-state index in [0.717, 1.165) is 6.54 Å². The van der Waals surface area contributed by atoms with Crippen LogP contribution < -0.4 is 5.32 Å². The molecule has 0 radical (unpaired) electrons. The minimum Gasteiger partial charge on any atom is -0.373 e. The molecule has 0 saturated carbocycles. The van der Waals surface area contributed by atoms with E-state index in [0.29, 0.717) is 0 Å². The quantitative estimate of drug-likeness (QED) is 0.493. The zero-order chi connectivity index (χ0) is 8.36. The fraction of sp³-hybridized carbons (Fsp3) is 0.500. The van der Waals surface area contributed by atoms with E-state index in [-0.39, 0.29) is 0 Å². The molecule has 0 aromatic carbocycles.